The van der Waals surface area contributed by atoms with Crippen molar-refractivity contribution >= 4 is 33.8 Å². The molecule has 1 N–H and O–H groups in total. The molecule has 0 aliphatic rings. The summed E-state index contributed by atoms with van der Waals surface area (Å²) in [6, 6.07) is 5.95. The third kappa shape index (κ3) is 3.40. The number of carbonyl (C=O) groups is 1. The minimum atomic E-state index is -0.0365. The quantitative estimate of drug-likeness (QED) is 0.828. The van der Waals surface area contributed by atoms with E-state index in [1.807, 2.05) is 25.1 Å². The fourth-order valence-electron chi connectivity index (χ4n) is 0.811. The van der Waals surface area contributed by atoms with Gasteiger partial charge < -0.3 is 0 Å². The molecule has 0 saturated heterocycles. The van der Waals surface area contributed by atoms with Crippen molar-refractivity contribution in [3.63, 3.8) is 0 Å². The van der Waals surface area contributed by atoms with Crippen LogP contribution in [0.3, 0.4) is 0 Å². The van der Waals surface area contributed by atoms with Crippen molar-refractivity contribution in [1.82, 2.24) is 4.72 Å². The second kappa shape index (κ2) is 4.67. The Morgan fingerprint density at radius 3 is 2.77 bits per heavy atom. The van der Waals surface area contributed by atoms with Gasteiger partial charge in [-0.25, -0.2) is 0 Å². The van der Waals surface area contributed by atoms with Crippen molar-refractivity contribution in [2.24, 2.45) is 0 Å². The number of carbonyl (C=O) groups excluding carboxylic acids is 1. The van der Waals surface area contributed by atoms with Gasteiger partial charge in [0.15, 0.2) is 0 Å². The molecule has 0 fully saturated rings. The summed E-state index contributed by atoms with van der Waals surface area (Å²) in [5.74, 6) is -0.0365. The van der Waals surface area contributed by atoms with E-state index in [4.69, 9.17) is 0 Å². The monoisotopic (exact) mass is 259 g/mol. The molecule has 0 aliphatic heterocycles. The Labute approximate surface area is 90.4 Å². The molecule has 70 valence electrons. The first-order valence-electron chi connectivity index (χ1n) is 3.79. The Bertz CT molecular complexity index is 327. The van der Waals surface area contributed by atoms with Gasteiger partial charge in [-0.05, 0) is 42.6 Å². The molecule has 0 atom stereocenters. The van der Waals surface area contributed by atoms with Crippen LogP contribution in [0.1, 0.15) is 12.5 Å². The van der Waals surface area contributed by atoms with Crippen molar-refractivity contribution < 1.29 is 4.79 Å². The lowest BCUT2D eigenvalue weighted by Gasteiger charge is -2.03. The van der Waals surface area contributed by atoms with E-state index in [0.29, 0.717) is 0 Å². The van der Waals surface area contributed by atoms with Crippen molar-refractivity contribution in [3.8, 4) is 0 Å². The topological polar surface area (TPSA) is 29.1 Å². The van der Waals surface area contributed by atoms with Gasteiger partial charge in [-0.1, -0.05) is 15.9 Å². The van der Waals surface area contributed by atoms with Gasteiger partial charge in [0.2, 0.25) is 5.91 Å². The predicted molar refractivity (Wildman–Crippen MR) is 58.6 cm³/mol. The third-order valence-corrected chi connectivity index (χ3v) is 3.21. The summed E-state index contributed by atoms with van der Waals surface area (Å²) in [7, 11) is 0. The number of halogens is 1. The lowest BCUT2D eigenvalue weighted by Crippen LogP contribution is -2.09. The van der Waals surface area contributed by atoms with Crippen LogP contribution in [0.15, 0.2) is 27.6 Å². The molecule has 0 heterocycles. The summed E-state index contributed by atoms with van der Waals surface area (Å²) in [5.41, 5.74) is 1.16. The zero-order valence-electron chi connectivity index (χ0n) is 7.43. The molecule has 0 aromatic heterocycles. The molecule has 0 unspecified atom stereocenters. The first-order chi connectivity index (χ1) is 6.09. The Hall–Kier alpha value is -0.480. The molecule has 0 saturated carbocycles. The summed E-state index contributed by atoms with van der Waals surface area (Å²) in [4.78, 5) is 11.7. The van der Waals surface area contributed by atoms with E-state index >= 15 is 0 Å². The summed E-state index contributed by atoms with van der Waals surface area (Å²) in [5, 5.41) is 0. The number of rotatable bonds is 2. The summed E-state index contributed by atoms with van der Waals surface area (Å²) >= 11 is 4.74. The van der Waals surface area contributed by atoms with Crippen LogP contribution in [0, 0.1) is 6.92 Å². The third-order valence-electron chi connectivity index (χ3n) is 1.44. The lowest BCUT2D eigenvalue weighted by molar-refractivity contribution is -0.117. The van der Waals surface area contributed by atoms with Gasteiger partial charge in [-0.15, -0.1) is 0 Å². The van der Waals surface area contributed by atoms with Crippen LogP contribution in [0.2, 0.25) is 0 Å². The second-order valence-corrected chi connectivity index (χ2v) is 4.41. The largest absolute Gasteiger partial charge is 0.296 e. The summed E-state index contributed by atoms with van der Waals surface area (Å²) in [6.45, 7) is 3.51. The van der Waals surface area contributed by atoms with E-state index in [2.05, 4.69) is 20.7 Å². The Kier molecular flexibility index (Phi) is 3.81. The molecule has 1 amide bonds. The molecule has 0 aliphatic carbocycles. The normalized spacial score (nSPS) is 9.77. The van der Waals surface area contributed by atoms with Crippen LogP contribution in [0.4, 0.5) is 0 Å². The molecule has 2 nitrogen and oxygen atoms in total. The molecular weight excluding hydrogens is 250 g/mol. The van der Waals surface area contributed by atoms with Gasteiger partial charge in [-0.2, -0.15) is 0 Å². The molecule has 1 aromatic carbocycles. The van der Waals surface area contributed by atoms with E-state index in [1.165, 1.54) is 18.9 Å². The van der Waals surface area contributed by atoms with Gasteiger partial charge in [0.25, 0.3) is 0 Å². The van der Waals surface area contributed by atoms with Crippen LogP contribution in [0.5, 0.6) is 0 Å². The van der Waals surface area contributed by atoms with Gasteiger partial charge in [0.1, 0.15) is 0 Å². The van der Waals surface area contributed by atoms with Crippen LogP contribution < -0.4 is 4.72 Å². The number of aryl methyl sites for hydroxylation is 1. The van der Waals surface area contributed by atoms with Crippen LogP contribution >= 0.6 is 27.9 Å². The number of hydrogen-bond acceptors (Lipinski definition) is 2. The van der Waals surface area contributed by atoms with Crippen LogP contribution in [-0.4, -0.2) is 5.91 Å². The lowest BCUT2D eigenvalue weighted by atomic mass is 10.2. The Morgan fingerprint density at radius 2 is 2.23 bits per heavy atom. The second-order valence-electron chi connectivity index (χ2n) is 2.67. The summed E-state index contributed by atoms with van der Waals surface area (Å²) in [6.07, 6.45) is 0. The average Bonchev–Trinajstić information content (AvgIpc) is 2.07. The highest BCUT2D eigenvalue weighted by Crippen LogP contribution is 2.22. The maximum Gasteiger partial charge on any atom is 0.226 e. The van der Waals surface area contributed by atoms with Gasteiger partial charge >= 0.3 is 0 Å². The molecule has 1 rings (SSSR count). The fourth-order valence-corrected chi connectivity index (χ4v) is 1.69. The molecule has 0 radical (unpaired) electrons. The minimum Gasteiger partial charge on any atom is -0.296 e. The summed E-state index contributed by atoms with van der Waals surface area (Å²) < 4.78 is 3.75. The first kappa shape index (κ1) is 10.6. The van der Waals surface area contributed by atoms with E-state index in [1.54, 1.807) is 0 Å². The molecule has 0 bridgehead atoms. The standard InChI is InChI=1S/C9H10BrNOS/c1-6-5-8(3-4-9(6)10)13-11-7(2)12/h3-5H,1-2H3,(H,11,12). The van der Waals surface area contributed by atoms with Crippen molar-refractivity contribution in [1.29, 1.82) is 0 Å². The van der Waals surface area contributed by atoms with Crippen molar-refractivity contribution in [3.05, 3.63) is 28.2 Å². The molecule has 0 spiro atoms. The number of amides is 1. The smallest absolute Gasteiger partial charge is 0.226 e. The zero-order chi connectivity index (χ0) is 9.84. The van der Waals surface area contributed by atoms with Crippen LogP contribution in [-0.2, 0) is 4.79 Å². The fraction of sp³-hybridized carbons (Fsp3) is 0.222. The van der Waals surface area contributed by atoms with Gasteiger partial charge in [0.05, 0.1) is 0 Å². The van der Waals surface area contributed by atoms with E-state index < -0.39 is 0 Å². The molecule has 1 aromatic rings. The van der Waals surface area contributed by atoms with Crippen molar-refractivity contribution in [2.45, 2.75) is 18.7 Å². The number of nitrogens with one attached hydrogen (secondary N) is 1. The maximum atomic E-state index is 10.6. The van der Waals surface area contributed by atoms with Crippen LogP contribution in [0.25, 0.3) is 0 Å². The maximum absolute atomic E-state index is 10.6. The van der Waals surface area contributed by atoms with E-state index in [9.17, 15) is 4.79 Å². The number of hydrogen-bond donors (Lipinski definition) is 1. The zero-order valence-corrected chi connectivity index (χ0v) is 9.83. The highest BCUT2D eigenvalue weighted by Gasteiger charge is 1.98. The molecule has 13 heavy (non-hydrogen) atoms. The minimum absolute atomic E-state index is 0.0365. The number of benzene rings is 1. The molecular formula is C9H10BrNOS. The van der Waals surface area contributed by atoms with Gasteiger partial charge in [0, 0.05) is 16.3 Å². The highest BCUT2D eigenvalue weighted by molar-refractivity contribution is 9.10. The van der Waals surface area contributed by atoms with E-state index in [0.717, 1.165) is 14.9 Å². The predicted octanol–water partition coefficient (Wildman–Crippen LogP) is 2.90. The molecule has 4 heteroatoms. The first-order valence-corrected chi connectivity index (χ1v) is 5.40. The van der Waals surface area contributed by atoms with Gasteiger partial charge in [-0.3, -0.25) is 9.52 Å². The van der Waals surface area contributed by atoms with Crippen molar-refractivity contribution in [2.75, 3.05) is 0 Å². The van der Waals surface area contributed by atoms with E-state index in [-0.39, 0.29) is 5.91 Å². The SMILES string of the molecule is CC(=O)NSc1ccc(Br)c(C)c1. The highest BCUT2D eigenvalue weighted by atomic mass is 79.9. The Morgan fingerprint density at radius 1 is 1.54 bits per heavy atom. The Balaban J connectivity index is 2.68. The average molecular weight is 260 g/mol.